The maximum atomic E-state index is 13.9. The molecular weight excluding hydrogens is 363 g/mol. The molecule has 5 heteroatoms. The summed E-state index contributed by atoms with van der Waals surface area (Å²) in [6, 6.07) is 12.6. The summed E-state index contributed by atoms with van der Waals surface area (Å²) < 4.78 is 13.9. The average Bonchev–Trinajstić information content (AvgIpc) is 2.64. The van der Waals surface area contributed by atoms with Crippen LogP contribution < -0.4 is 10.2 Å². The van der Waals surface area contributed by atoms with Gasteiger partial charge in [-0.1, -0.05) is 36.7 Å². The van der Waals surface area contributed by atoms with Crippen LogP contribution >= 0.6 is 11.6 Å². The highest BCUT2D eigenvalue weighted by Crippen LogP contribution is 2.24. The van der Waals surface area contributed by atoms with E-state index in [0.717, 1.165) is 24.6 Å². The molecule has 27 heavy (non-hydrogen) atoms. The summed E-state index contributed by atoms with van der Waals surface area (Å²) in [5.74, 6) is 0.0629. The van der Waals surface area contributed by atoms with Crippen molar-refractivity contribution in [3.05, 3.63) is 64.4 Å². The fraction of sp³-hybridized carbons (Fsp3) is 0.409. The molecule has 3 rings (SSSR count). The zero-order chi connectivity index (χ0) is 19.4. The van der Waals surface area contributed by atoms with Crippen molar-refractivity contribution in [2.24, 2.45) is 5.92 Å². The molecule has 0 radical (unpaired) electrons. The molecular formula is C22H26ClFN2O. The largest absolute Gasteiger partial charge is 0.371 e. The smallest absolute Gasteiger partial charge is 0.225 e. The Hall–Kier alpha value is -2.07. The lowest BCUT2D eigenvalue weighted by atomic mass is 9.99. The topological polar surface area (TPSA) is 32.3 Å². The molecule has 0 spiro atoms. The molecule has 3 nitrogen and oxygen atoms in total. The highest BCUT2D eigenvalue weighted by atomic mass is 35.5. The van der Waals surface area contributed by atoms with Crippen molar-refractivity contribution in [1.29, 1.82) is 0 Å². The molecule has 1 aliphatic rings. The maximum absolute atomic E-state index is 13.9. The molecule has 1 saturated heterocycles. The minimum Gasteiger partial charge on any atom is -0.371 e. The highest BCUT2D eigenvalue weighted by Gasteiger charge is 2.17. The number of hydrogen-bond acceptors (Lipinski definition) is 2. The van der Waals surface area contributed by atoms with Crippen molar-refractivity contribution in [3.63, 3.8) is 0 Å². The summed E-state index contributed by atoms with van der Waals surface area (Å²) in [5.41, 5.74) is 2.61. The van der Waals surface area contributed by atoms with Crippen LogP contribution in [0.2, 0.25) is 5.02 Å². The fourth-order valence-corrected chi connectivity index (χ4v) is 3.77. The Morgan fingerprint density at radius 2 is 2.04 bits per heavy atom. The number of halogens is 2. The highest BCUT2D eigenvalue weighted by molar-refractivity contribution is 6.30. The summed E-state index contributed by atoms with van der Waals surface area (Å²) in [6.07, 6.45) is 2.53. The van der Waals surface area contributed by atoms with Crippen LogP contribution in [0.25, 0.3) is 0 Å². The van der Waals surface area contributed by atoms with Crippen LogP contribution in [-0.2, 0) is 11.2 Å². The Morgan fingerprint density at radius 3 is 2.70 bits per heavy atom. The second kappa shape index (κ2) is 8.75. The standard InChI is InChI=1S/C22H26ClFN2O/c1-15-4-3-11-26(14-15)20-9-6-17(7-10-20)16(2)25-22(27)12-18-5-8-19(23)13-21(18)24/h5-10,13,15-16H,3-4,11-12,14H2,1-2H3,(H,25,27)/t15-,16+/m0/s1. The predicted octanol–water partition coefficient (Wildman–Crippen LogP) is 5.14. The summed E-state index contributed by atoms with van der Waals surface area (Å²) in [6.45, 7) is 6.43. The molecule has 1 N–H and O–H groups in total. The van der Waals surface area contributed by atoms with E-state index in [-0.39, 0.29) is 18.4 Å². The summed E-state index contributed by atoms with van der Waals surface area (Å²) in [5, 5.41) is 3.27. The Kier molecular flexibility index (Phi) is 6.38. The third-order valence-corrected chi connectivity index (χ3v) is 5.39. The van der Waals surface area contributed by atoms with E-state index in [1.54, 1.807) is 12.1 Å². The van der Waals surface area contributed by atoms with Gasteiger partial charge in [-0.05, 0) is 61.1 Å². The molecule has 1 amide bonds. The third-order valence-electron chi connectivity index (χ3n) is 5.16. The third kappa shape index (κ3) is 5.23. The normalized spacial score (nSPS) is 18.2. The van der Waals surface area contributed by atoms with Crippen LogP contribution in [0.15, 0.2) is 42.5 Å². The van der Waals surface area contributed by atoms with Gasteiger partial charge < -0.3 is 10.2 Å². The quantitative estimate of drug-likeness (QED) is 0.769. The van der Waals surface area contributed by atoms with Crippen molar-refractivity contribution >= 4 is 23.2 Å². The molecule has 2 aromatic carbocycles. The number of rotatable bonds is 5. The van der Waals surface area contributed by atoms with Gasteiger partial charge in [0.1, 0.15) is 5.82 Å². The first-order valence-electron chi connectivity index (χ1n) is 9.50. The molecule has 2 atom stereocenters. The van der Waals surface area contributed by atoms with Crippen LogP contribution in [-0.4, -0.2) is 19.0 Å². The predicted molar refractivity (Wildman–Crippen MR) is 109 cm³/mol. The van der Waals surface area contributed by atoms with Gasteiger partial charge in [-0.3, -0.25) is 4.79 Å². The minimum absolute atomic E-state index is 0.00288. The lowest BCUT2D eigenvalue weighted by molar-refractivity contribution is -0.121. The van der Waals surface area contributed by atoms with Gasteiger partial charge in [0.2, 0.25) is 5.91 Å². The lowest BCUT2D eigenvalue weighted by Gasteiger charge is -2.33. The van der Waals surface area contributed by atoms with Gasteiger partial charge in [0.25, 0.3) is 0 Å². The average molecular weight is 389 g/mol. The Balaban J connectivity index is 1.58. The van der Waals surface area contributed by atoms with Crippen LogP contribution in [0.3, 0.4) is 0 Å². The second-order valence-corrected chi connectivity index (χ2v) is 7.92. The van der Waals surface area contributed by atoms with E-state index in [9.17, 15) is 9.18 Å². The van der Waals surface area contributed by atoms with Gasteiger partial charge in [0.15, 0.2) is 0 Å². The molecule has 2 aromatic rings. The first-order chi connectivity index (χ1) is 12.9. The van der Waals surface area contributed by atoms with Gasteiger partial charge in [-0.15, -0.1) is 0 Å². The summed E-state index contributed by atoms with van der Waals surface area (Å²) in [4.78, 5) is 14.7. The number of hydrogen-bond donors (Lipinski definition) is 1. The molecule has 0 bridgehead atoms. The number of amides is 1. The molecule has 1 fully saturated rings. The van der Waals surface area contributed by atoms with E-state index in [1.165, 1.54) is 24.6 Å². The molecule has 1 heterocycles. The number of anilines is 1. The minimum atomic E-state index is -0.453. The van der Waals surface area contributed by atoms with Gasteiger partial charge in [0.05, 0.1) is 12.5 Å². The number of piperidine rings is 1. The van der Waals surface area contributed by atoms with Gasteiger partial charge >= 0.3 is 0 Å². The van der Waals surface area contributed by atoms with Crippen LogP contribution in [0.4, 0.5) is 10.1 Å². The number of nitrogens with zero attached hydrogens (tertiary/aromatic N) is 1. The van der Waals surface area contributed by atoms with Crippen molar-refractivity contribution < 1.29 is 9.18 Å². The number of nitrogens with one attached hydrogen (secondary N) is 1. The van der Waals surface area contributed by atoms with E-state index < -0.39 is 5.82 Å². The zero-order valence-corrected chi connectivity index (χ0v) is 16.6. The molecule has 0 aromatic heterocycles. The molecule has 144 valence electrons. The van der Waals surface area contributed by atoms with E-state index in [4.69, 9.17) is 11.6 Å². The fourth-order valence-electron chi connectivity index (χ4n) is 3.61. The van der Waals surface area contributed by atoms with Crippen LogP contribution in [0, 0.1) is 11.7 Å². The van der Waals surface area contributed by atoms with E-state index >= 15 is 0 Å². The van der Waals surface area contributed by atoms with Crippen molar-refractivity contribution in [2.75, 3.05) is 18.0 Å². The van der Waals surface area contributed by atoms with E-state index in [0.29, 0.717) is 10.6 Å². The SMILES string of the molecule is C[C@H]1CCCN(c2ccc([C@@H](C)NC(=O)Cc3ccc(Cl)cc3F)cc2)C1. The van der Waals surface area contributed by atoms with E-state index in [2.05, 4.69) is 41.4 Å². The molecule has 1 aliphatic heterocycles. The Bertz CT molecular complexity index is 793. The Morgan fingerprint density at radius 1 is 1.30 bits per heavy atom. The maximum Gasteiger partial charge on any atom is 0.225 e. The molecule has 0 saturated carbocycles. The lowest BCUT2D eigenvalue weighted by Crippen LogP contribution is -2.34. The van der Waals surface area contributed by atoms with Crippen molar-refractivity contribution in [3.8, 4) is 0 Å². The Labute approximate surface area is 165 Å². The zero-order valence-electron chi connectivity index (χ0n) is 15.8. The van der Waals surface area contributed by atoms with Gasteiger partial charge in [-0.2, -0.15) is 0 Å². The number of carbonyl (C=O) groups is 1. The first kappa shape index (κ1) is 19.7. The van der Waals surface area contributed by atoms with E-state index in [1.807, 2.05) is 6.92 Å². The van der Waals surface area contributed by atoms with Crippen LogP contribution in [0.5, 0.6) is 0 Å². The van der Waals surface area contributed by atoms with Gasteiger partial charge in [-0.25, -0.2) is 4.39 Å². The van der Waals surface area contributed by atoms with Crippen molar-refractivity contribution in [2.45, 2.75) is 39.2 Å². The number of carbonyl (C=O) groups excluding carboxylic acids is 1. The first-order valence-corrected chi connectivity index (χ1v) is 9.88. The summed E-state index contributed by atoms with van der Waals surface area (Å²) >= 11 is 5.75. The monoisotopic (exact) mass is 388 g/mol. The van der Waals surface area contributed by atoms with Gasteiger partial charge in [0, 0.05) is 23.8 Å². The molecule has 0 aliphatic carbocycles. The number of benzene rings is 2. The molecule has 0 unspecified atom stereocenters. The second-order valence-electron chi connectivity index (χ2n) is 7.49. The van der Waals surface area contributed by atoms with Crippen LogP contribution in [0.1, 0.15) is 43.9 Å². The summed E-state index contributed by atoms with van der Waals surface area (Å²) in [7, 11) is 0. The van der Waals surface area contributed by atoms with Crippen molar-refractivity contribution in [1.82, 2.24) is 5.32 Å².